The highest BCUT2D eigenvalue weighted by Gasteiger charge is 2.25. The van der Waals surface area contributed by atoms with E-state index in [0.717, 1.165) is 18.5 Å². The Balaban J connectivity index is 1.78. The fraction of sp³-hybridized carbons (Fsp3) is 0.312. The van der Waals surface area contributed by atoms with Crippen molar-refractivity contribution in [3.05, 3.63) is 63.9 Å². The lowest BCUT2D eigenvalue weighted by Crippen LogP contribution is -2.23. The van der Waals surface area contributed by atoms with Crippen LogP contribution in [0.4, 0.5) is 0 Å². The van der Waals surface area contributed by atoms with Gasteiger partial charge in [0, 0.05) is 22.8 Å². The number of nitrogens with one attached hydrogen (secondary N) is 1. The van der Waals surface area contributed by atoms with Gasteiger partial charge in [-0.1, -0.05) is 34.1 Å². The number of rotatable bonds is 3. The van der Waals surface area contributed by atoms with Gasteiger partial charge in [-0.05, 0) is 49.1 Å². The highest BCUT2D eigenvalue weighted by Crippen LogP contribution is 2.36. The van der Waals surface area contributed by atoms with Gasteiger partial charge in [-0.25, -0.2) is 0 Å². The van der Waals surface area contributed by atoms with E-state index in [1.54, 1.807) is 0 Å². The number of benzene rings is 1. The zero-order valence-corrected chi connectivity index (χ0v) is 12.5. The Labute approximate surface area is 122 Å². The van der Waals surface area contributed by atoms with Crippen molar-refractivity contribution in [2.24, 2.45) is 0 Å². The Bertz CT molecular complexity index is 568. The third-order valence-corrected chi connectivity index (χ3v) is 4.54. The first-order chi connectivity index (χ1) is 9.25. The van der Waals surface area contributed by atoms with Gasteiger partial charge in [0.15, 0.2) is 0 Å². The fourth-order valence-electron chi connectivity index (χ4n) is 2.80. The molecule has 0 bridgehead atoms. The first-order valence-corrected chi connectivity index (χ1v) is 7.49. The number of hydrogen-bond acceptors (Lipinski definition) is 2. The van der Waals surface area contributed by atoms with Crippen LogP contribution in [0, 0.1) is 0 Å². The molecule has 0 saturated heterocycles. The lowest BCUT2D eigenvalue weighted by atomic mass is 10.1. The summed E-state index contributed by atoms with van der Waals surface area (Å²) in [7, 11) is 0. The highest BCUT2D eigenvalue weighted by atomic mass is 79.9. The van der Waals surface area contributed by atoms with Crippen LogP contribution in [-0.2, 0) is 6.42 Å². The molecular weight excluding hydrogens is 300 g/mol. The molecule has 1 aromatic carbocycles. The number of fused-ring (bicyclic) bond motifs is 1. The van der Waals surface area contributed by atoms with Gasteiger partial charge >= 0.3 is 0 Å². The molecular formula is C16H17BrN2. The van der Waals surface area contributed by atoms with E-state index in [0.29, 0.717) is 6.04 Å². The van der Waals surface area contributed by atoms with Gasteiger partial charge in [0.25, 0.3) is 0 Å². The monoisotopic (exact) mass is 316 g/mol. The molecule has 1 N–H and O–H groups in total. The van der Waals surface area contributed by atoms with Crippen molar-refractivity contribution in [3.8, 4) is 0 Å². The number of hydrogen-bond donors (Lipinski definition) is 1. The maximum absolute atomic E-state index is 4.42. The number of nitrogens with zero attached hydrogens (tertiary/aromatic N) is 1. The summed E-state index contributed by atoms with van der Waals surface area (Å²) in [5, 5.41) is 3.70. The van der Waals surface area contributed by atoms with Crippen LogP contribution in [-0.4, -0.2) is 4.98 Å². The highest BCUT2D eigenvalue weighted by molar-refractivity contribution is 9.10. The first kappa shape index (κ1) is 12.8. The maximum Gasteiger partial charge on any atom is 0.0570 e. The van der Waals surface area contributed by atoms with Gasteiger partial charge in [-0.15, -0.1) is 0 Å². The third-order valence-electron chi connectivity index (χ3n) is 3.80. The zero-order valence-electron chi connectivity index (χ0n) is 10.9. The second-order valence-corrected chi connectivity index (χ2v) is 5.90. The van der Waals surface area contributed by atoms with Crippen molar-refractivity contribution >= 4 is 15.9 Å². The molecule has 1 aliphatic carbocycles. The maximum atomic E-state index is 4.42. The summed E-state index contributed by atoms with van der Waals surface area (Å²) >= 11 is 3.65. The molecule has 2 atom stereocenters. The van der Waals surface area contributed by atoms with E-state index >= 15 is 0 Å². The van der Waals surface area contributed by atoms with Crippen molar-refractivity contribution in [2.45, 2.75) is 31.8 Å². The Morgan fingerprint density at radius 3 is 2.95 bits per heavy atom. The lowest BCUT2D eigenvalue weighted by molar-refractivity contribution is 0.458. The predicted octanol–water partition coefficient (Wildman–Crippen LogP) is 4.18. The molecule has 1 unspecified atom stereocenters. The second kappa shape index (κ2) is 5.43. The van der Waals surface area contributed by atoms with E-state index in [1.807, 2.05) is 18.3 Å². The minimum atomic E-state index is 0.274. The minimum absolute atomic E-state index is 0.274. The number of halogens is 1. The SMILES string of the molecule is C[C@@H](NC1CCc2c(Br)cccc21)c1ccccn1. The number of aromatic nitrogens is 1. The molecule has 1 heterocycles. The van der Waals surface area contributed by atoms with E-state index in [1.165, 1.54) is 15.6 Å². The quantitative estimate of drug-likeness (QED) is 0.918. The van der Waals surface area contributed by atoms with Crippen LogP contribution < -0.4 is 5.32 Å². The molecule has 0 fully saturated rings. The summed E-state index contributed by atoms with van der Waals surface area (Å²) in [6.45, 7) is 2.18. The van der Waals surface area contributed by atoms with E-state index in [2.05, 4.69) is 57.4 Å². The van der Waals surface area contributed by atoms with E-state index in [4.69, 9.17) is 0 Å². The molecule has 0 saturated carbocycles. The summed E-state index contributed by atoms with van der Waals surface area (Å²) in [6.07, 6.45) is 4.16. The Morgan fingerprint density at radius 1 is 1.26 bits per heavy atom. The van der Waals surface area contributed by atoms with Crippen molar-refractivity contribution in [1.29, 1.82) is 0 Å². The minimum Gasteiger partial charge on any atom is -0.302 e. The van der Waals surface area contributed by atoms with Gasteiger partial charge in [0.2, 0.25) is 0 Å². The average Bonchev–Trinajstić information content (AvgIpc) is 2.84. The molecule has 1 aliphatic rings. The summed E-state index contributed by atoms with van der Waals surface area (Å²) < 4.78 is 1.24. The predicted molar refractivity (Wildman–Crippen MR) is 81.0 cm³/mol. The van der Waals surface area contributed by atoms with Crippen LogP contribution in [0.3, 0.4) is 0 Å². The van der Waals surface area contributed by atoms with Crippen molar-refractivity contribution in [1.82, 2.24) is 10.3 Å². The average molecular weight is 317 g/mol. The van der Waals surface area contributed by atoms with E-state index in [-0.39, 0.29) is 6.04 Å². The van der Waals surface area contributed by atoms with Crippen LogP contribution in [0.1, 0.15) is 42.2 Å². The molecule has 0 amide bonds. The molecule has 0 spiro atoms. The Hall–Kier alpha value is -1.19. The Morgan fingerprint density at radius 2 is 2.16 bits per heavy atom. The van der Waals surface area contributed by atoms with E-state index in [9.17, 15) is 0 Å². The second-order valence-electron chi connectivity index (χ2n) is 5.04. The van der Waals surface area contributed by atoms with Gasteiger partial charge < -0.3 is 5.32 Å². The number of pyridine rings is 1. The van der Waals surface area contributed by atoms with Crippen LogP contribution >= 0.6 is 15.9 Å². The molecule has 19 heavy (non-hydrogen) atoms. The molecule has 0 aliphatic heterocycles. The van der Waals surface area contributed by atoms with Crippen LogP contribution in [0.2, 0.25) is 0 Å². The normalized spacial score (nSPS) is 19.2. The molecule has 3 rings (SSSR count). The first-order valence-electron chi connectivity index (χ1n) is 6.70. The topological polar surface area (TPSA) is 24.9 Å². The van der Waals surface area contributed by atoms with Gasteiger partial charge in [-0.3, -0.25) is 4.98 Å². The molecule has 1 aromatic heterocycles. The molecule has 98 valence electrons. The Kier molecular flexibility index (Phi) is 3.67. The summed E-state index contributed by atoms with van der Waals surface area (Å²) in [4.78, 5) is 4.42. The van der Waals surface area contributed by atoms with Crippen LogP contribution in [0.15, 0.2) is 47.1 Å². The lowest BCUT2D eigenvalue weighted by Gasteiger charge is -2.20. The molecule has 3 heteroatoms. The van der Waals surface area contributed by atoms with Gasteiger partial charge in [-0.2, -0.15) is 0 Å². The van der Waals surface area contributed by atoms with Crippen molar-refractivity contribution in [3.63, 3.8) is 0 Å². The molecule has 0 radical (unpaired) electrons. The standard InChI is InChI=1S/C16H17BrN2/c1-11(15-7-2-3-10-18-15)19-16-9-8-12-13(16)5-4-6-14(12)17/h2-7,10-11,16,19H,8-9H2,1H3/t11-,16?/m1/s1. The van der Waals surface area contributed by atoms with Crippen LogP contribution in [0.5, 0.6) is 0 Å². The van der Waals surface area contributed by atoms with E-state index < -0.39 is 0 Å². The van der Waals surface area contributed by atoms with Crippen LogP contribution in [0.25, 0.3) is 0 Å². The van der Waals surface area contributed by atoms with Crippen molar-refractivity contribution in [2.75, 3.05) is 0 Å². The van der Waals surface area contributed by atoms with Gasteiger partial charge in [0.1, 0.15) is 0 Å². The summed E-state index contributed by atoms with van der Waals surface area (Å²) in [6, 6.07) is 13.3. The zero-order chi connectivity index (χ0) is 13.2. The summed E-state index contributed by atoms with van der Waals surface area (Å²) in [5.41, 5.74) is 3.98. The molecule has 2 nitrogen and oxygen atoms in total. The van der Waals surface area contributed by atoms with Gasteiger partial charge in [0.05, 0.1) is 5.69 Å². The third kappa shape index (κ3) is 2.58. The largest absolute Gasteiger partial charge is 0.302 e. The van der Waals surface area contributed by atoms with Crippen molar-refractivity contribution < 1.29 is 0 Å². The fourth-order valence-corrected chi connectivity index (χ4v) is 3.38. The smallest absolute Gasteiger partial charge is 0.0570 e. The summed E-state index contributed by atoms with van der Waals surface area (Å²) in [5.74, 6) is 0. The molecule has 2 aromatic rings.